The second-order valence-corrected chi connectivity index (χ2v) is 4.53. The monoisotopic (exact) mass is 257 g/mol. The number of benzene rings is 2. The van der Waals surface area contributed by atoms with Gasteiger partial charge in [0.1, 0.15) is 5.82 Å². The van der Waals surface area contributed by atoms with Crippen LogP contribution in [0.3, 0.4) is 0 Å². The van der Waals surface area contributed by atoms with Crippen LogP contribution in [0.15, 0.2) is 42.5 Å². The lowest BCUT2D eigenvalue weighted by Gasteiger charge is -2.04. The molecule has 2 aromatic carbocycles. The molecule has 0 aliphatic carbocycles. The standard InChI is InChI=1S/C16H16FNO/c1-11-2-5-14(10-15(11)17)16(19)13-6-3-12(4-7-13)8-9-18/h2-7,10H,8-9,18H2,1H3. The van der Waals surface area contributed by atoms with Crippen molar-refractivity contribution in [1.82, 2.24) is 0 Å². The highest BCUT2D eigenvalue weighted by atomic mass is 19.1. The van der Waals surface area contributed by atoms with E-state index in [2.05, 4.69) is 0 Å². The molecule has 0 heterocycles. The highest BCUT2D eigenvalue weighted by Crippen LogP contribution is 2.14. The van der Waals surface area contributed by atoms with E-state index in [1.807, 2.05) is 12.1 Å². The minimum absolute atomic E-state index is 0.168. The fraction of sp³-hybridized carbons (Fsp3) is 0.188. The first-order chi connectivity index (χ1) is 9.11. The van der Waals surface area contributed by atoms with Gasteiger partial charge in [0, 0.05) is 11.1 Å². The Bertz CT molecular complexity index is 590. The van der Waals surface area contributed by atoms with Gasteiger partial charge in [-0.25, -0.2) is 4.39 Å². The first-order valence-corrected chi connectivity index (χ1v) is 6.21. The predicted molar refractivity (Wildman–Crippen MR) is 73.8 cm³/mol. The molecule has 0 unspecified atom stereocenters. The van der Waals surface area contributed by atoms with Gasteiger partial charge in [0.15, 0.2) is 5.78 Å². The Morgan fingerprint density at radius 1 is 1.11 bits per heavy atom. The summed E-state index contributed by atoms with van der Waals surface area (Å²) in [6.45, 7) is 2.25. The Morgan fingerprint density at radius 2 is 1.74 bits per heavy atom. The van der Waals surface area contributed by atoms with Crippen molar-refractivity contribution in [2.24, 2.45) is 5.73 Å². The van der Waals surface area contributed by atoms with Gasteiger partial charge in [-0.15, -0.1) is 0 Å². The Balaban J connectivity index is 2.25. The van der Waals surface area contributed by atoms with Gasteiger partial charge in [0.05, 0.1) is 0 Å². The van der Waals surface area contributed by atoms with Crippen LogP contribution in [0.4, 0.5) is 4.39 Å². The SMILES string of the molecule is Cc1ccc(C(=O)c2ccc(CCN)cc2)cc1F. The van der Waals surface area contributed by atoms with Crippen molar-refractivity contribution in [2.45, 2.75) is 13.3 Å². The molecule has 2 nitrogen and oxygen atoms in total. The predicted octanol–water partition coefficient (Wildman–Crippen LogP) is 2.87. The number of carbonyl (C=O) groups is 1. The van der Waals surface area contributed by atoms with Gasteiger partial charge in [0.25, 0.3) is 0 Å². The van der Waals surface area contributed by atoms with Crippen LogP contribution in [-0.4, -0.2) is 12.3 Å². The lowest BCUT2D eigenvalue weighted by Crippen LogP contribution is -2.05. The number of hydrogen-bond donors (Lipinski definition) is 1. The van der Waals surface area contributed by atoms with Gasteiger partial charge in [-0.3, -0.25) is 4.79 Å². The molecule has 98 valence electrons. The van der Waals surface area contributed by atoms with E-state index in [-0.39, 0.29) is 11.6 Å². The number of hydrogen-bond acceptors (Lipinski definition) is 2. The van der Waals surface area contributed by atoms with Crippen molar-refractivity contribution in [3.8, 4) is 0 Å². The van der Waals surface area contributed by atoms with Gasteiger partial charge >= 0.3 is 0 Å². The molecule has 2 N–H and O–H groups in total. The Hall–Kier alpha value is -2.00. The van der Waals surface area contributed by atoms with E-state index >= 15 is 0 Å². The minimum atomic E-state index is -0.356. The third-order valence-electron chi connectivity index (χ3n) is 3.08. The van der Waals surface area contributed by atoms with Crippen LogP contribution >= 0.6 is 0 Å². The van der Waals surface area contributed by atoms with Crippen molar-refractivity contribution in [3.63, 3.8) is 0 Å². The number of halogens is 1. The largest absolute Gasteiger partial charge is 0.330 e. The van der Waals surface area contributed by atoms with E-state index in [9.17, 15) is 9.18 Å². The summed E-state index contributed by atoms with van der Waals surface area (Å²) in [4.78, 5) is 12.2. The zero-order valence-corrected chi connectivity index (χ0v) is 10.8. The average molecular weight is 257 g/mol. The lowest BCUT2D eigenvalue weighted by atomic mass is 10.0. The van der Waals surface area contributed by atoms with Crippen LogP contribution in [0.1, 0.15) is 27.0 Å². The van der Waals surface area contributed by atoms with E-state index in [1.54, 1.807) is 31.2 Å². The fourth-order valence-corrected chi connectivity index (χ4v) is 1.89. The van der Waals surface area contributed by atoms with Crippen molar-refractivity contribution in [3.05, 3.63) is 70.5 Å². The Morgan fingerprint density at radius 3 is 2.32 bits per heavy atom. The first-order valence-electron chi connectivity index (χ1n) is 6.21. The smallest absolute Gasteiger partial charge is 0.193 e. The first kappa shape index (κ1) is 13.4. The molecular weight excluding hydrogens is 241 g/mol. The van der Waals surface area contributed by atoms with Crippen LogP contribution in [0, 0.1) is 12.7 Å². The topological polar surface area (TPSA) is 43.1 Å². The number of carbonyl (C=O) groups excluding carboxylic acids is 1. The summed E-state index contributed by atoms with van der Waals surface area (Å²) in [5.41, 5.74) is 8.03. The summed E-state index contributed by atoms with van der Waals surface area (Å²) in [5.74, 6) is -0.524. The summed E-state index contributed by atoms with van der Waals surface area (Å²) in [6.07, 6.45) is 0.785. The van der Waals surface area contributed by atoms with Gasteiger partial charge < -0.3 is 5.73 Å². The van der Waals surface area contributed by atoms with Crippen LogP contribution in [0.25, 0.3) is 0 Å². The van der Waals surface area contributed by atoms with Crippen molar-refractivity contribution in [2.75, 3.05) is 6.54 Å². The molecule has 0 saturated heterocycles. The van der Waals surface area contributed by atoms with E-state index in [4.69, 9.17) is 5.73 Å². The summed E-state index contributed by atoms with van der Waals surface area (Å²) in [5, 5.41) is 0. The summed E-state index contributed by atoms with van der Waals surface area (Å²) in [6, 6.07) is 11.8. The third kappa shape index (κ3) is 3.06. The summed E-state index contributed by atoms with van der Waals surface area (Å²) < 4.78 is 13.5. The van der Waals surface area contributed by atoms with E-state index in [1.165, 1.54) is 6.07 Å². The van der Waals surface area contributed by atoms with E-state index < -0.39 is 0 Å². The average Bonchev–Trinajstić information content (AvgIpc) is 2.42. The van der Waals surface area contributed by atoms with Crippen molar-refractivity contribution in [1.29, 1.82) is 0 Å². The fourth-order valence-electron chi connectivity index (χ4n) is 1.89. The second kappa shape index (κ2) is 5.76. The molecule has 19 heavy (non-hydrogen) atoms. The van der Waals surface area contributed by atoms with Gasteiger partial charge in [0.2, 0.25) is 0 Å². The second-order valence-electron chi connectivity index (χ2n) is 4.53. The molecular formula is C16H16FNO. The van der Waals surface area contributed by atoms with E-state index in [0.29, 0.717) is 23.2 Å². The molecule has 0 fully saturated rings. The maximum Gasteiger partial charge on any atom is 0.193 e. The van der Waals surface area contributed by atoms with Crippen molar-refractivity contribution >= 4 is 5.78 Å². The van der Waals surface area contributed by atoms with Gasteiger partial charge in [-0.05, 0) is 37.1 Å². The quantitative estimate of drug-likeness (QED) is 0.856. The zero-order chi connectivity index (χ0) is 13.8. The normalized spacial score (nSPS) is 10.5. The van der Waals surface area contributed by atoms with Gasteiger partial charge in [-0.2, -0.15) is 0 Å². The number of rotatable bonds is 4. The molecule has 0 atom stereocenters. The van der Waals surface area contributed by atoms with Crippen LogP contribution in [0.2, 0.25) is 0 Å². The summed E-state index contributed by atoms with van der Waals surface area (Å²) in [7, 11) is 0. The minimum Gasteiger partial charge on any atom is -0.330 e. The molecule has 0 amide bonds. The molecule has 0 bridgehead atoms. The Labute approximate surface area is 112 Å². The maximum absolute atomic E-state index is 13.5. The zero-order valence-electron chi connectivity index (χ0n) is 10.8. The molecule has 0 radical (unpaired) electrons. The molecule has 0 aliphatic rings. The third-order valence-corrected chi connectivity index (χ3v) is 3.08. The van der Waals surface area contributed by atoms with Crippen molar-refractivity contribution < 1.29 is 9.18 Å². The molecule has 2 aromatic rings. The molecule has 0 saturated carbocycles. The van der Waals surface area contributed by atoms with E-state index in [0.717, 1.165) is 12.0 Å². The maximum atomic E-state index is 13.5. The highest BCUT2D eigenvalue weighted by Gasteiger charge is 2.10. The molecule has 0 aliphatic heterocycles. The number of aryl methyl sites for hydroxylation is 1. The number of nitrogens with two attached hydrogens (primary N) is 1. The highest BCUT2D eigenvalue weighted by molar-refractivity contribution is 6.09. The number of ketones is 1. The molecule has 0 aromatic heterocycles. The Kier molecular flexibility index (Phi) is 4.07. The summed E-state index contributed by atoms with van der Waals surface area (Å²) >= 11 is 0. The lowest BCUT2D eigenvalue weighted by molar-refractivity contribution is 0.103. The molecule has 2 rings (SSSR count). The van der Waals surface area contributed by atoms with Crippen LogP contribution in [-0.2, 0) is 6.42 Å². The molecule has 3 heteroatoms. The van der Waals surface area contributed by atoms with Crippen LogP contribution in [0.5, 0.6) is 0 Å². The van der Waals surface area contributed by atoms with Gasteiger partial charge in [-0.1, -0.05) is 36.4 Å². The molecule has 0 spiro atoms. The van der Waals surface area contributed by atoms with Crippen LogP contribution < -0.4 is 5.73 Å².